The number of nitrogens with one attached hydrogen (secondary N) is 1. The lowest BCUT2D eigenvalue weighted by Crippen LogP contribution is -2.55. The molecule has 172 valence electrons. The van der Waals surface area contributed by atoms with Gasteiger partial charge in [-0.1, -0.05) is 6.07 Å². The molecule has 3 rings (SSSR count). The van der Waals surface area contributed by atoms with Crippen molar-refractivity contribution in [3.63, 3.8) is 0 Å². The Morgan fingerprint density at radius 3 is 2.61 bits per heavy atom. The minimum Gasteiger partial charge on any atom is -0.493 e. The molecule has 0 unspecified atom stereocenters. The summed E-state index contributed by atoms with van der Waals surface area (Å²) in [5, 5.41) is 19.5. The first-order valence-electron chi connectivity index (χ1n) is 9.79. The first-order chi connectivity index (χ1) is 15.0. The smallest absolute Gasteiger partial charge is 0.290 e. The Balaban J connectivity index is 0.00000107. The van der Waals surface area contributed by atoms with Crippen molar-refractivity contribution in [2.75, 3.05) is 60.2 Å². The molecule has 2 saturated heterocycles. The Labute approximate surface area is 180 Å². The van der Waals surface area contributed by atoms with E-state index in [1.807, 2.05) is 11.0 Å². The van der Waals surface area contributed by atoms with Crippen LogP contribution in [0.4, 0.5) is 0 Å². The number of aliphatic hydroxyl groups excluding tert-OH is 1. The van der Waals surface area contributed by atoms with Gasteiger partial charge in [0.2, 0.25) is 11.8 Å². The van der Waals surface area contributed by atoms with Crippen LogP contribution in [0, 0.1) is 0 Å². The number of ether oxygens (including phenoxy) is 3. The summed E-state index contributed by atoms with van der Waals surface area (Å²) >= 11 is 0. The summed E-state index contributed by atoms with van der Waals surface area (Å²) < 4.78 is 16.4. The van der Waals surface area contributed by atoms with Gasteiger partial charge in [0, 0.05) is 19.6 Å². The van der Waals surface area contributed by atoms with Gasteiger partial charge in [-0.2, -0.15) is 0 Å². The number of aliphatic hydroxyl groups is 1. The number of benzene rings is 1. The van der Waals surface area contributed by atoms with Crippen LogP contribution in [0.5, 0.6) is 11.5 Å². The van der Waals surface area contributed by atoms with Gasteiger partial charge in [-0.25, -0.2) is 0 Å². The summed E-state index contributed by atoms with van der Waals surface area (Å²) in [6.07, 6.45) is -0.541. The number of carboxylic acid groups (broad SMARTS) is 1. The second-order valence-electron chi connectivity index (χ2n) is 6.90. The first kappa shape index (κ1) is 24.4. The van der Waals surface area contributed by atoms with E-state index < -0.39 is 12.1 Å². The second-order valence-corrected chi connectivity index (χ2v) is 6.90. The molecule has 0 saturated carbocycles. The van der Waals surface area contributed by atoms with Gasteiger partial charge in [-0.15, -0.1) is 0 Å². The normalized spacial score (nSPS) is 21.4. The summed E-state index contributed by atoms with van der Waals surface area (Å²) in [6.45, 7) is 1.82. The molecule has 0 radical (unpaired) electrons. The number of carbonyl (C=O) groups excluding carboxylic acids is 2. The molecular weight excluding hydrogens is 410 g/mol. The van der Waals surface area contributed by atoms with E-state index in [0.717, 1.165) is 5.56 Å². The van der Waals surface area contributed by atoms with Crippen molar-refractivity contribution >= 4 is 18.3 Å². The predicted molar refractivity (Wildman–Crippen MR) is 109 cm³/mol. The second kappa shape index (κ2) is 12.1. The monoisotopic (exact) mass is 439 g/mol. The summed E-state index contributed by atoms with van der Waals surface area (Å²) in [7, 11) is 3.11. The number of methoxy groups -OCH3 is 2. The number of morpholine rings is 1. The van der Waals surface area contributed by atoms with Gasteiger partial charge < -0.3 is 34.6 Å². The van der Waals surface area contributed by atoms with Crippen LogP contribution in [0.25, 0.3) is 0 Å². The Hall–Kier alpha value is -2.89. The van der Waals surface area contributed by atoms with Crippen LogP contribution in [0.15, 0.2) is 18.2 Å². The highest BCUT2D eigenvalue weighted by molar-refractivity contribution is 5.82. The lowest BCUT2D eigenvalue weighted by Gasteiger charge is -2.42. The van der Waals surface area contributed by atoms with E-state index in [1.54, 1.807) is 31.3 Å². The maximum absolute atomic E-state index is 13.1. The highest BCUT2D eigenvalue weighted by Gasteiger charge is 2.37. The maximum Gasteiger partial charge on any atom is 0.290 e. The average molecular weight is 439 g/mol. The molecular formula is C20H29N3O8. The first-order valence-corrected chi connectivity index (χ1v) is 9.79. The average Bonchev–Trinajstić information content (AvgIpc) is 2.78. The molecule has 0 spiro atoms. The minimum atomic E-state index is -0.541. The third kappa shape index (κ3) is 6.29. The molecule has 2 heterocycles. The number of hydrogen-bond donors (Lipinski definition) is 3. The van der Waals surface area contributed by atoms with E-state index >= 15 is 0 Å². The largest absolute Gasteiger partial charge is 0.493 e. The zero-order chi connectivity index (χ0) is 22.8. The fourth-order valence-electron chi connectivity index (χ4n) is 3.71. The zero-order valence-electron chi connectivity index (χ0n) is 17.7. The van der Waals surface area contributed by atoms with Gasteiger partial charge in [0.25, 0.3) is 6.47 Å². The Morgan fingerprint density at radius 1 is 1.29 bits per heavy atom. The van der Waals surface area contributed by atoms with Crippen molar-refractivity contribution in [2.24, 2.45) is 0 Å². The Kier molecular flexibility index (Phi) is 9.50. The van der Waals surface area contributed by atoms with Gasteiger partial charge in [0.05, 0.1) is 46.6 Å². The minimum absolute atomic E-state index is 0.0781. The van der Waals surface area contributed by atoms with Crippen LogP contribution in [0.2, 0.25) is 0 Å². The zero-order valence-corrected chi connectivity index (χ0v) is 17.7. The molecule has 31 heavy (non-hydrogen) atoms. The standard InChI is InChI=1S/C19H27N3O6.CH2O2/c1-26-14-4-3-13(9-15(14)27-2)19-16(12-23)28-8-7-22(19)18(25)11-21-6-5-20-17(24)10-21;2-1-3/h3-4,9,16,19,23H,5-8,10-12H2,1-2H3,(H,20,24);1H,(H,2,3)/t16-,19-;/m0./s1. The molecule has 1 aromatic carbocycles. The number of amides is 2. The van der Waals surface area contributed by atoms with Crippen LogP contribution in [0.3, 0.4) is 0 Å². The molecule has 2 atom stereocenters. The van der Waals surface area contributed by atoms with Gasteiger partial charge in [-0.05, 0) is 17.7 Å². The van der Waals surface area contributed by atoms with Crippen LogP contribution < -0.4 is 14.8 Å². The van der Waals surface area contributed by atoms with Crippen molar-refractivity contribution in [1.82, 2.24) is 15.1 Å². The van der Waals surface area contributed by atoms with E-state index in [1.165, 1.54) is 0 Å². The third-order valence-electron chi connectivity index (χ3n) is 5.08. The van der Waals surface area contributed by atoms with E-state index in [0.29, 0.717) is 37.7 Å². The van der Waals surface area contributed by atoms with E-state index in [9.17, 15) is 14.7 Å². The SMILES string of the molecule is COc1ccc([C@H]2[C@H](CO)OCCN2C(=O)CN2CCNC(=O)C2)cc1OC.O=CO. The maximum atomic E-state index is 13.1. The summed E-state index contributed by atoms with van der Waals surface area (Å²) in [5.41, 5.74) is 0.793. The van der Waals surface area contributed by atoms with Crippen molar-refractivity contribution in [3.8, 4) is 11.5 Å². The van der Waals surface area contributed by atoms with Crippen LogP contribution >= 0.6 is 0 Å². The molecule has 3 N–H and O–H groups in total. The number of hydrogen-bond acceptors (Lipinski definition) is 8. The number of carbonyl (C=O) groups is 3. The molecule has 0 aliphatic carbocycles. The molecule has 0 bridgehead atoms. The van der Waals surface area contributed by atoms with Crippen molar-refractivity contribution in [1.29, 1.82) is 0 Å². The quantitative estimate of drug-likeness (QED) is 0.481. The van der Waals surface area contributed by atoms with Gasteiger partial charge in [0.15, 0.2) is 11.5 Å². The van der Waals surface area contributed by atoms with Crippen LogP contribution in [0.1, 0.15) is 11.6 Å². The number of rotatable bonds is 6. The highest BCUT2D eigenvalue weighted by atomic mass is 16.5. The van der Waals surface area contributed by atoms with Crippen molar-refractivity contribution < 1.29 is 38.8 Å². The molecule has 1 aromatic rings. The third-order valence-corrected chi connectivity index (χ3v) is 5.08. The fourth-order valence-corrected chi connectivity index (χ4v) is 3.71. The molecule has 11 nitrogen and oxygen atoms in total. The summed E-state index contributed by atoms with van der Waals surface area (Å²) in [6, 6.07) is 4.96. The van der Waals surface area contributed by atoms with E-state index in [-0.39, 0.29) is 38.0 Å². The summed E-state index contributed by atoms with van der Waals surface area (Å²) in [4.78, 5) is 36.6. The Bertz CT molecular complexity index is 760. The summed E-state index contributed by atoms with van der Waals surface area (Å²) in [5.74, 6) is 0.949. The molecule has 11 heteroatoms. The Morgan fingerprint density at radius 2 is 2.00 bits per heavy atom. The van der Waals surface area contributed by atoms with Crippen LogP contribution in [-0.4, -0.2) is 105 Å². The lowest BCUT2D eigenvalue weighted by molar-refractivity contribution is -0.151. The van der Waals surface area contributed by atoms with Crippen LogP contribution in [-0.2, 0) is 19.1 Å². The fraction of sp³-hybridized carbons (Fsp3) is 0.550. The van der Waals surface area contributed by atoms with Crippen molar-refractivity contribution in [3.05, 3.63) is 23.8 Å². The predicted octanol–water partition coefficient (Wildman–Crippen LogP) is -0.903. The van der Waals surface area contributed by atoms with Gasteiger partial charge in [-0.3, -0.25) is 19.3 Å². The van der Waals surface area contributed by atoms with Gasteiger partial charge in [0.1, 0.15) is 6.10 Å². The lowest BCUT2D eigenvalue weighted by atomic mass is 9.97. The highest BCUT2D eigenvalue weighted by Crippen LogP contribution is 2.35. The molecule has 2 fully saturated rings. The van der Waals surface area contributed by atoms with Crippen molar-refractivity contribution in [2.45, 2.75) is 12.1 Å². The molecule has 2 amide bonds. The molecule has 2 aliphatic rings. The van der Waals surface area contributed by atoms with Gasteiger partial charge >= 0.3 is 0 Å². The number of nitrogens with zero attached hydrogens (tertiary/aromatic N) is 2. The van der Waals surface area contributed by atoms with E-state index in [4.69, 9.17) is 24.1 Å². The van der Waals surface area contributed by atoms with E-state index in [2.05, 4.69) is 5.32 Å². The molecule has 0 aromatic heterocycles. The number of piperazine rings is 1. The topological polar surface area (TPSA) is 138 Å². The molecule has 2 aliphatic heterocycles.